The molecule has 0 atom stereocenters. The second-order valence-electron chi connectivity index (χ2n) is 3.49. The van der Waals surface area contributed by atoms with E-state index >= 15 is 0 Å². The molecular formula is C12H13FN2S2. The molecule has 17 heavy (non-hydrogen) atoms. The Kier molecular flexibility index (Phi) is 4.53. The molecule has 1 aromatic heterocycles. The van der Waals surface area contributed by atoms with Crippen LogP contribution in [-0.4, -0.2) is 17.3 Å². The fourth-order valence-corrected chi connectivity index (χ4v) is 2.96. The van der Waals surface area contributed by atoms with Gasteiger partial charge in [-0.1, -0.05) is 0 Å². The highest BCUT2D eigenvalue weighted by atomic mass is 32.2. The third-order valence-corrected chi connectivity index (χ3v) is 4.12. The Morgan fingerprint density at radius 3 is 2.76 bits per heavy atom. The summed E-state index contributed by atoms with van der Waals surface area (Å²) >= 11 is 3.36. The largest absolute Gasteiger partial charge is 0.330 e. The summed E-state index contributed by atoms with van der Waals surface area (Å²) in [6, 6.07) is 6.43. The maximum atomic E-state index is 12.8. The zero-order chi connectivity index (χ0) is 12.1. The van der Waals surface area contributed by atoms with E-state index < -0.39 is 0 Å². The highest BCUT2D eigenvalue weighted by Gasteiger charge is 2.04. The summed E-state index contributed by atoms with van der Waals surface area (Å²) in [6.45, 7) is 0.694. The third kappa shape index (κ3) is 3.52. The molecule has 0 aliphatic heterocycles. The molecular weight excluding hydrogens is 255 g/mol. The normalized spacial score (nSPS) is 10.7. The molecule has 2 aromatic rings. The monoisotopic (exact) mass is 268 g/mol. The molecule has 2 nitrogen and oxygen atoms in total. The minimum absolute atomic E-state index is 0.218. The van der Waals surface area contributed by atoms with E-state index in [9.17, 15) is 4.39 Å². The van der Waals surface area contributed by atoms with Gasteiger partial charge in [0, 0.05) is 29.0 Å². The van der Waals surface area contributed by atoms with Crippen LogP contribution in [0.4, 0.5) is 4.39 Å². The highest BCUT2D eigenvalue weighted by molar-refractivity contribution is 7.98. The van der Waals surface area contributed by atoms with Crippen LogP contribution in [0.2, 0.25) is 0 Å². The van der Waals surface area contributed by atoms with Crippen molar-refractivity contribution in [3.05, 3.63) is 41.2 Å². The van der Waals surface area contributed by atoms with E-state index in [4.69, 9.17) is 5.73 Å². The van der Waals surface area contributed by atoms with Crippen molar-refractivity contribution in [2.45, 2.75) is 5.75 Å². The average Bonchev–Trinajstić information content (AvgIpc) is 2.79. The number of thioether (sulfide) groups is 1. The van der Waals surface area contributed by atoms with Crippen LogP contribution in [0.25, 0.3) is 10.6 Å². The molecule has 0 saturated carbocycles. The molecule has 0 aliphatic carbocycles. The van der Waals surface area contributed by atoms with Gasteiger partial charge in [0.1, 0.15) is 10.8 Å². The van der Waals surface area contributed by atoms with Crippen LogP contribution in [0, 0.1) is 5.82 Å². The Hall–Kier alpha value is -0.910. The van der Waals surface area contributed by atoms with E-state index in [1.807, 2.05) is 5.38 Å². The van der Waals surface area contributed by atoms with Gasteiger partial charge in [-0.25, -0.2) is 9.37 Å². The maximum absolute atomic E-state index is 12.8. The Labute approximate surface area is 108 Å². The Bertz CT molecular complexity index is 468. The molecule has 0 fully saturated rings. The van der Waals surface area contributed by atoms with E-state index in [1.165, 1.54) is 12.1 Å². The van der Waals surface area contributed by atoms with Crippen molar-refractivity contribution in [2.75, 3.05) is 12.3 Å². The van der Waals surface area contributed by atoms with Crippen LogP contribution in [0.3, 0.4) is 0 Å². The lowest BCUT2D eigenvalue weighted by atomic mass is 10.2. The van der Waals surface area contributed by atoms with Crippen LogP contribution in [0.5, 0.6) is 0 Å². The van der Waals surface area contributed by atoms with Crippen molar-refractivity contribution < 1.29 is 4.39 Å². The van der Waals surface area contributed by atoms with Crippen LogP contribution in [-0.2, 0) is 5.75 Å². The van der Waals surface area contributed by atoms with E-state index in [0.717, 1.165) is 27.8 Å². The van der Waals surface area contributed by atoms with Gasteiger partial charge >= 0.3 is 0 Å². The standard InChI is InChI=1S/C12H13FN2S2/c13-10-3-1-9(2-4-10)12-15-11(8-17-12)7-16-6-5-14/h1-4,8H,5-7,14H2. The molecule has 5 heteroatoms. The SMILES string of the molecule is NCCSCc1csc(-c2ccc(F)cc2)n1. The Morgan fingerprint density at radius 2 is 2.06 bits per heavy atom. The number of rotatable bonds is 5. The number of nitrogens with two attached hydrogens (primary N) is 1. The number of hydrogen-bond donors (Lipinski definition) is 1. The molecule has 0 saturated heterocycles. The van der Waals surface area contributed by atoms with Gasteiger partial charge in [-0.2, -0.15) is 11.8 Å². The summed E-state index contributed by atoms with van der Waals surface area (Å²) in [6.07, 6.45) is 0. The lowest BCUT2D eigenvalue weighted by Gasteiger charge is -1.96. The highest BCUT2D eigenvalue weighted by Crippen LogP contribution is 2.25. The number of halogens is 1. The van der Waals surface area contributed by atoms with Crippen LogP contribution in [0.1, 0.15) is 5.69 Å². The van der Waals surface area contributed by atoms with Crippen LogP contribution in [0.15, 0.2) is 29.6 Å². The molecule has 0 spiro atoms. The number of nitrogens with zero attached hydrogens (tertiary/aromatic N) is 1. The van der Waals surface area contributed by atoms with Gasteiger partial charge < -0.3 is 5.73 Å². The molecule has 90 valence electrons. The molecule has 0 amide bonds. The predicted octanol–water partition coefficient (Wildman–Crippen LogP) is 3.14. The average molecular weight is 268 g/mol. The van der Waals surface area contributed by atoms with Gasteiger partial charge in [0.15, 0.2) is 0 Å². The minimum atomic E-state index is -0.218. The molecule has 0 unspecified atom stereocenters. The summed E-state index contributed by atoms with van der Waals surface area (Å²) in [5.41, 5.74) is 7.46. The first-order valence-corrected chi connectivity index (χ1v) is 7.31. The first-order valence-electron chi connectivity index (χ1n) is 5.28. The van der Waals surface area contributed by atoms with E-state index in [0.29, 0.717) is 6.54 Å². The Balaban J connectivity index is 2.04. The van der Waals surface area contributed by atoms with Crippen molar-refractivity contribution >= 4 is 23.1 Å². The molecule has 2 rings (SSSR count). The minimum Gasteiger partial charge on any atom is -0.330 e. The first-order chi connectivity index (χ1) is 8.29. The number of hydrogen-bond acceptors (Lipinski definition) is 4. The maximum Gasteiger partial charge on any atom is 0.123 e. The van der Waals surface area contributed by atoms with Gasteiger partial charge in [0.05, 0.1) is 5.69 Å². The van der Waals surface area contributed by atoms with Gasteiger partial charge in [-0.05, 0) is 24.3 Å². The molecule has 1 aromatic carbocycles. The quantitative estimate of drug-likeness (QED) is 0.847. The van der Waals surface area contributed by atoms with Crippen LogP contribution >= 0.6 is 23.1 Å². The molecule has 1 heterocycles. The predicted molar refractivity (Wildman–Crippen MR) is 72.7 cm³/mol. The molecule has 0 aliphatic rings. The van der Waals surface area contributed by atoms with Crippen molar-refractivity contribution in [3.8, 4) is 10.6 Å². The van der Waals surface area contributed by atoms with E-state index in [1.54, 1.807) is 35.2 Å². The van der Waals surface area contributed by atoms with Crippen molar-refractivity contribution in [1.29, 1.82) is 0 Å². The van der Waals surface area contributed by atoms with Gasteiger partial charge in [-0.15, -0.1) is 11.3 Å². The summed E-state index contributed by atoms with van der Waals surface area (Å²) < 4.78 is 12.8. The van der Waals surface area contributed by atoms with Gasteiger partial charge in [0.25, 0.3) is 0 Å². The summed E-state index contributed by atoms with van der Waals surface area (Å²) in [7, 11) is 0. The fourth-order valence-electron chi connectivity index (χ4n) is 1.36. The van der Waals surface area contributed by atoms with Crippen LogP contribution < -0.4 is 5.73 Å². The van der Waals surface area contributed by atoms with Crippen molar-refractivity contribution in [3.63, 3.8) is 0 Å². The topological polar surface area (TPSA) is 38.9 Å². The van der Waals surface area contributed by atoms with E-state index in [2.05, 4.69) is 4.98 Å². The smallest absolute Gasteiger partial charge is 0.123 e. The van der Waals surface area contributed by atoms with Gasteiger partial charge in [0.2, 0.25) is 0 Å². The summed E-state index contributed by atoms with van der Waals surface area (Å²) in [5.74, 6) is 1.61. The number of benzene rings is 1. The molecule has 0 bridgehead atoms. The lowest BCUT2D eigenvalue weighted by molar-refractivity contribution is 0.628. The fraction of sp³-hybridized carbons (Fsp3) is 0.250. The van der Waals surface area contributed by atoms with Crippen molar-refractivity contribution in [2.24, 2.45) is 5.73 Å². The van der Waals surface area contributed by atoms with E-state index in [-0.39, 0.29) is 5.82 Å². The third-order valence-electron chi connectivity index (χ3n) is 2.16. The lowest BCUT2D eigenvalue weighted by Crippen LogP contribution is -2.01. The first kappa shape index (κ1) is 12.5. The number of aromatic nitrogens is 1. The number of thiazole rings is 1. The Morgan fingerprint density at radius 1 is 1.29 bits per heavy atom. The summed E-state index contributed by atoms with van der Waals surface area (Å²) in [4.78, 5) is 4.52. The molecule has 2 N–H and O–H groups in total. The second kappa shape index (κ2) is 6.14. The molecule has 0 radical (unpaired) electrons. The summed E-state index contributed by atoms with van der Waals surface area (Å²) in [5, 5.41) is 2.98. The zero-order valence-corrected chi connectivity index (χ0v) is 10.9. The second-order valence-corrected chi connectivity index (χ2v) is 5.46. The zero-order valence-electron chi connectivity index (χ0n) is 9.23. The van der Waals surface area contributed by atoms with Gasteiger partial charge in [-0.3, -0.25) is 0 Å². The van der Waals surface area contributed by atoms with Crippen molar-refractivity contribution in [1.82, 2.24) is 4.98 Å².